The van der Waals surface area contributed by atoms with E-state index in [0.29, 0.717) is 18.6 Å². The topological polar surface area (TPSA) is 72.2 Å². The van der Waals surface area contributed by atoms with Crippen LogP contribution in [0.25, 0.3) is 0 Å². The maximum absolute atomic E-state index is 13.1. The number of nitrogens with two attached hydrogens (primary N) is 1. The molecule has 4 nitrogen and oxygen atoms in total. The van der Waals surface area contributed by atoms with Crippen molar-refractivity contribution < 1.29 is 21.6 Å². The number of rotatable bonds is 7. The molecule has 0 aliphatic carbocycles. The first kappa shape index (κ1) is 16.9. The minimum absolute atomic E-state index is 0.0609. The molecule has 1 rings (SSSR count). The molecule has 1 aromatic carbocycles. The fourth-order valence-corrected chi connectivity index (χ4v) is 2.96. The zero-order valence-corrected chi connectivity index (χ0v) is 11.8. The molecule has 0 bridgehead atoms. The second-order valence-corrected chi connectivity index (χ2v) is 6.11. The highest BCUT2D eigenvalue weighted by Crippen LogP contribution is 2.18. The third-order valence-corrected chi connectivity index (χ3v) is 4.28. The maximum Gasteiger partial charge on any atom is 0.241 e. The van der Waals surface area contributed by atoms with Crippen molar-refractivity contribution in [1.29, 1.82) is 0 Å². The molecule has 1 unspecified atom stereocenters. The van der Waals surface area contributed by atoms with Gasteiger partial charge in [-0.25, -0.2) is 26.3 Å². The summed E-state index contributed by atoms with van der Waals surface area (Å²) < 4.78 is 65.1. The summed E-state index contributed by atoms with van der Waals surface area (Å²) in [4.78, 5) is -0.663. The van der Waals surface area contributed by atoms with Gasteiger partial charge in [-0.05, 0) is 18.6 Å². The minimum atomic E-state index is -4.14. The molecule has 114 valence electrons. The lowest BCUT2D eigenvalue weighted by molar-refractivity contribution is 0.441. The fraction of sp³-hybridized carbons (Fsp3) is 0.500. The van der Waals surface area contributed by atoms with Gasteiger partial charge in [0.2, 0.25) is 10.0 Å². The van der Waals surface area contributed by atoms with Gasteiger partial charge in [0.25, 0.3) is 0 Å². The summed E-state index contributed by atoms with van der Waals surface area (Å²) in [6.07, 6.45) is 2.13. The van der Waals surface area contributed by atoms with Crippen molar-refractivity contribution in [3.63, 3.8) is 0 Å². The van der Waals surface area contributed by atoms with Gasteiger partial charge in [0, 0.05) is 12.6 Å². The van der Waals surface area contributed by atoms with Gasteiger partial charge < -0.3 is 5.73 Å². The van der Waals surface area contributed by atoms with Crippen LogP contribution in [-0.2, 0) is 10.0 Å². The smallest absolute Gasteiger partial charge is 0.241 e. The Bertz CT molecular complexity index is 541. The number of sulfonamides is 1. The molecule has 0 fully saturated rings. The molecule has 1 aromatic rings. The second-order valence-electron chi connectivity index (χ2n) is 4.40. The van der Waals surface area contributed by atoms with Crippen molar-refractivity contribution in [3.8, 4) is 0 Å². The van der Waals surface area contributed by atoms with Gasteiger partial charge in [-0.15, -0.1) is 0 Å². The lowest BCUT2D eigenvalue weighted by Gasteiger charge is -2.16. The molecule has 3 N–H and O–H groups in total. The molecule has 20 heavy (non-hydrogen) atoms. The fourth-order valence-electron chi connectivity index (χ4n) is 1.65. The highest BCUT2D eigenvalue weighted by molar-refractivity contribution is 7.89. The van der Waals surface area contributed by atoms with Crippen LogP contribution in [0.5, 0.6) is 0 Å². The van der Waals surface area contributed by atoms with Gasteiger partial charge in [-0.3, -0.25) is 0 Å². The maximum atomic E-state index is 13.1. The molecule has 0 aliphatic rings. The van der Waals surface area contributed by atoms with Crippen LogP contribution >= 0.6 is 0 Å². The molecule has 1 atom stereocenters. The monoisotopic (exact) mass is 310 g/mol. The molecule has 0 spiro atoms. The first-order valence-electron chi connectivity index (χ1n) is 6.18. The van der Waals surface area contributed by atoms with Gasteiger partial charge >= 0.3 is 0 Å². The Morgan fingerprint density at radius 1 is 1.25 bits per heavy atom. The number of nitrogens with one attached hydrogen (secondary N) is 1. The highest BCUT2D eigenvalue weighted by Gasteiger charge is 2.22. The molecule has 0 amide bonds. The van der Waals surface area contributed by atoms with Crippen LogP contribution < -0.4 is 10.5 Å². The van der Waals surface area contributed by atoms with Gasteiger partial charge in [-0.1, -0.05) is 19.8 Å². The van der Waals surface area contributed by atoms with Crippen LogP contribution in [0.2, 0.25) is 0 Å². The van der Waals surface area contributed by atoms with E-state index in [1.165, 1.54) is 0 Å². The normalized spacial score (nSPS) is 13.4. The van der Waals surface area contributed by atoms with Crippen LogP contribution in [-0.4, -0.2) is 21.0 Å². The minimum Gasteiger partial charge on any atom is -0.329 e. The third kappa shape index (κ3) is 4.19. The Hall–Kier alpha value is -1.12. The molecule has 0 heterocycles. The molecular weight excluding hydrogens is 293 g/mol. The Morgan fingerprint density at radius 2 is 1.80 bits per heavy atom. The third-order valence-electron chi connectivity index (χ3n) is 2.78. The van der Waals surface area contributed by atoms with Crippen LogP contribution in [0.3, 0.4) is 0 Å². The number of unbranched alkanes of at least 4 members (excludes halogenated alkanes) is 1. The standard InChI is InChI=1S/C12H17F3N2O2S/c1-2-3-4-8(7-16)17-20(18,19)9-5-10(13)12(15)11(14)6-9/h5-6,8,17H,2-4,7,16H2,1H3. The molecule has 0 saturated heterocycles. The highest BCUT2D eigenvalue weighted by atomic mass is 32.2. The Kier molecular flexibility index (Phi) is 5.97. The van der Waals surface area contributed by atoms with E-state index in [0.717, 1.165) is 12.8 Å². The Labute approximate surface area is 116 Å². The van der Waals surface area contributed by atoms with Crippen LogP contribution in [0, 0.1) is 17.5 Å². The molecule has 8 heteroatoms. The van der Waals surface area contributed by atoms with E-state index in [9.17, 15) is 21.6 Å². The lowest BCUT2D eigenvalue weighted by atomic mass is 10.1. The second kappa shape index (κ2) is 7.05. The molecular formula is C12H17F3N2O2S. The van der Waals surface area contributed by atoms with E-state index in [1.54, 1.807) is 0 Å². The quantitative estimate of drug-likeness (QED) is 0.756. The van der Waals surface area contributed by atoms with E-state index < -0.39 is 38.4 Å². The van der Waals surface area contributed by atoms with Crippen molar-refractivity contribution >= 4 is 10.0 Å². The zero-order valence-electron chi connectivity index (χ0n) is 11.0. The van der Waals surface area contributed by atoms with Gasteiger partial charge in [0.05, 0.1) is 4.90 Å². The number of hydrogen-bond donors (Lipinski definition) is 2. The summed E-state index contributed by atoms with van der Waals surface area (Å²) in [5.41, 5.74) is 5.45. The van der Waals surface area contributed by atoms with Crippen LogP contribution in [0.15, 0.2) is 17.0 Å². The van der Waals surface area contributed by atoms with Gasteiger partial charge in [0.15, 0.2) is 17.5 Å². The van der Waals surface area contributed by atoms with E-state index >= 15 is 0 Å². The predicted octanol–water partition coefficient (Wildman–Crippen LogP) is 1.90. The molecule has 0 aromatic heterocycles. The van der Waals surface area contributed by atoms with Crippen LogP contribution in [0.4, 0.5) is 13.2 Å². The van der Waals surface area contributed by atoms with Gasteiger partial charge in [-0.2, -0.15) is 0 Å². The summed E-state index contributed by atoms with van der Waals surface area (Å²) in [5.74, 6) is -4.81. The summed E-state index contributed by atoms with van der Waals surface area (Å²) in [7, 11) is -4.14. The van der Waals surface area contributed by atoms with Crippen molar-refractivity contribution in [2.75, 3.05) is 6.54 Å². The summed E-state index contributed by atoms with van der Waals surface area (Å²) in [6, 6.07) is 0.346. The Balaban J connectivity index is 2.98. The molecule has 0 aliphatic heterocycles. The van der Waals surface area contributed by atoms with E-state index in [2.05, 4.69) is 4.72 Å². The summed E-state index contributed by atoms with van der Waals surface area (Å²) >= 11 is 0. The van der Waals surface area contributed by atoms with Gasteiger partial charge in [0.1, 0.15) is 0 Å². The van der Waals surface area contributed by atoms with Crippen molar-refractivity contribution in [2.45, 2.75) is 37.1 Å². The molecule has 0 radical (unpaired) electrons. The number of halogens is 3. The Morgan fingerprint density at radius 3 is 2.25 bits per heavy atom. The zero-order chi connectivity index (χ0) is 15.3. The first-order valence-corrected chi connectivity index (χ1v) is 7.67. The predicted molar refractivity (Wildman–Crippen MR) is 69.0 cm³/mol. The average Bonchev–Trinajstić information content (AvgIpc) is 2.40. The average molecular weight is 310 g/mol. The largest absolute Gasteiger partial charge is 0.329 e. The van der Waals surface area contributed by atoms with Crippen molar-refractivity contribution in [1.82, 2.24) is 4.72 Å². The van der Waals surface area contributed by atoms with Crippen molar-refractivity contribution in [3.05, 3.63) is 29.6 Å². The van der Waals surface area contributed by atoms with E-state index in [1.807, 2.05) is 6.92 Å². The van der Waals surface area contributed by atoms with E-state index in [4.69, 9.17) is 5.73 Å². The SMILES string of the molecule is CCCCC(CN)NS(=O)(=O)c1cc(F)c(F)c(F)c1. The number of benzene rings is 1. The number of hydrogen-bond acceptors (Lipinski definition) is 3. The first-order chi connectivity index (χ1) is 9.31. The van der Waals surface area contributed by atoms with E-state index in [-0.39, 0.29) is 6.54 Å². The van der Waals surface area contributed by atoms with Crippen LogP contribution in [0.1, 0.15) is 26.2 Å². The lowest BCUT2D eigenvalue weighted by Crippen LogP contribution is -2.40. The summed E-state index contributed by atoms with van der Waals surface area (Å²) in [5, 5.41) is 0. The van der Waals surface area contributed by atoms with Crippen molar-refractivity contribution in [2.24, 2.45) is 5.73 Å². The summed E-state index contributed by atoms with van der Waals surface area (Å²) in [6.45, 7) is 2.00. The molecule has 0 saturated carbocycles.